The van der Waals surface area contributed by atoms with Gasteiger partial charge in [-0.15, -0.1) is 0 Å². The van der Waals surface area contributed by atoms with Gasteiger partial charge in [-0.1, -0.05) is 67.6 Å². The van der Waals surface area contributed by atoms with Crippen LogP contribution in [0, 0.1) is 5.92 Å². The number of anilines is 1. The van der Waals surface area contributed by atoms with Gasteiger partial charge in [0.15, 0.2) is 0 Å². The Morgan fingerprint density at radius 3 is 2.64 bits per heavy atom. The van der Waals surface area contributed by atoms with E-state index in [2.05, 4.69) is 6.08 Å². The molecule has 144 valence electrons. The molecule has 5 nitrogen and oxygen atoms in total. The van der Waals surface area contributed by atoms with Gasteiger partial charge >= 0.3 is 12.1 Å². The maximum absolute atomic E-state index is 13.1. The minimum atomic E-state index is -0.994. The van der Waals surface area contributed by atoms with Crippen molar-refractivity contribution in [1.82, 2.24) is 0 Å². The van der Waals surface area contributed by atoms with Crippen molar-refractivity contribution in [3.63, 3.8) is 0 Å². The first-order chi connectivity index (χ1) is 13.6. The number of benzene rings is 2. The van der Waals surface area contributed by atoms with Crippen LogP contribution in [0.25, 0.3) is 0 Å². The molecule has 0 spiro atoms. The van der Waals surface area contributed by atoms with E-state index in [9.17, 15) is 14.7 Å². The normalized spacial score (nSPS) is 22.5. The number of carboxylic acid groups (broad SMARTS) is 1. The number of aliphatic carboxylic acids is 1. The second kappa shape index (κ2) is 7.50. The topological polar surface area (TPSA) is 66.8 Å². The lowest BCUT2D eigenvalue weighted by atomic mass is 9.77. The third kappa shape index (κ3) is 3.07. The Morgan fingerprint density at radius 1 is 1.14 bits per heavy atom. The van der Waals surface area contributed by atoms with Gasteiger partial charge in [0.05, 0.1) is 5.69 Å². The number of amides is 1. The highest BCUT2D eigenvalue weighted by atomic mass is 16.6. The Balaban J connectivity index is 1.74. The predicted molar refractivity (Wildman–Crippen MR) is 106 cm³/mol. The maximum Gasteiger partial charge on any atom is 0.415 e. The molecule has 0 unspecified atom stereocenters. The van der Waals surface area contributed by atoms with Crippen LogP contribution in [0.4, 0.5) is 10.5 Å². The summed E-state index contributed by atoms with van der Waals surface area (Å²) in [7, 11) is 0. The molecule has 1 heterocycles. The highest BCUT2D eigenvalue weighted by Gasteiger charge is 2.48. The SMILES string of the molecule is CCc1cccc2c1N(C(=O)OCc1ccccc1)[C@@H](C(=O)O)[C@H]1CC=C[C@@H]21. The lowest BCUT2D eigenvalue weighted by Crippen LogP contribution is -2.54. The molecule has 1 N–H and O–H groups in total. The Labute approximate surface area is 164 Å². The first-order valence-corrected chi connectivity index (χ1v) is 9.63. The number of para-hydroxylation sites is 1. The average Bonchev–Trinajstić information content (AvgIpc) is 3.20. The van der Waals surface area contributed by atoms with E-state index < -0.39 is 18.1 Å². The standard InChI is InChI=1S/C23H23NO4/c1-2-16-10-6-12-18-17-11-7-13-19(17)21(22(25)26)24(20(16)18)23(27)28-14-15-8-4-3-5-9-15/h3-12,17,19,21H,2,13-14H2,1H3,(H,25,26)/t17-,19-,21+/m0/s1. The number of carbonyl (C=O) groups is 2. The summed E-state index contributed by atoms with van der Waals surface area (Å²) < 4.78 is 5.56. The predicted octanol–water partition coefficient (Wildman–Crippen LogP) is 4.52. The zero-order chi connectivity index (χ0) is 19.7. The Kier molecular flexibility index (Phi) is 4.90. The molecule has 2 aliphatic rings. The fourth-order valence-electron chi connectivity index (χ4n) is 4.41. The zero-order valence-electron chi connectivity index (χ0n) is 15.7. The van der Waals surface area contributed by atoms with E-state index in [-0.39, 0.29) is 18.4 Å². The first kappa shape index (κ1) is 18.3. The van der Waals surface area contributed by atoms with E-state index in [1.54, 1.807) is 0 Å². The second-order valence-electron chi connectivity index (χ2n) is 7.26. The Hall–Kier alpha value is -3.08. The largest absolute Gasteiger partial charge is 0.480 e. The summed E-state index contributed by atoms with van der Waals surface area (Å²) in [5.74, 6) is -1.16. The number of ether oxygens (including phenoxy) is 1. The van der Waals surface area contributed by atoms with Crippen molar-refractivity contribution in [3.05, 3.63) is 77.4 Å². The monoisotopic (exact) mass is 377 g/mol. The minimum absolute atomic E-state index is 0.0146. The molecule has 0 fully saturated rings. The number of carbonyl (C=O) groups excluding carboxylic acids is 1. The van der Waals surface area contributed by atoms with Crippen LogP contribution < -0.4 is 4.90 Å². The van der Waals surface area contributed by atoms with Crippen LogP contribution in [0.2, 0.25) is 0 Å². The van der Waals surface area contributed by atoms with Crippen molar-refractivity contribution in [3.8, 4) is 0 Å². The van der Waals surface area contributed by atoms with E-state index in [1.807, 2.05) is 61.5 Å². The molecule has 5 heteroatoms. The highest BCUT2D eigenvalue weighted by Crippen LogP contribution is 2.49. The van der Waals surface area contributed by atoms with Crippen LogP contribution in [0.3, 0.4) is 0 Å². The molecular weight excluding hydrogens is 354 g/mol. The van der Waals surface area contributed by atoms with Gasteiger partial charge in [-0.25, -0.2) is 9.59 Å². The quantitative estimate of drug-likeness (QED) is 0.796. The molecule has 0 radical (unpaired) electrons. The van der Waals surface area contributed by atoms with Gasteiger partial charge in [-0.3, -0.25) is 4.90 Å². The molecule has 28 heavy (non-hydrogen) atoms. The zero-order valence-corrected chi connectivity index (χ0v) is 15.7. The maximum atomic E-state index is 13.1. The number of fused-ring (bicyclic) bond motifs is 3. The number of nitrogens with zero attached hydrogens (tertiary/aromatic N) is 1. The lowest BCUT2D eigenvalue weighted by molar-refractivity contribution is -0.140. The molecule has 0 saturated heterocycles. The molecule has 0 bridgehead atoms. The van der Waals surface area contributed by atoms with Gasteiger partial charge in [0, 0.05) is 11.8 Å². The molecule has 3 atom stereocenters. The van der Waals surface area contributed by atoms with Crippen LogP contribution in [0.15, 0.2) is 60.7 Å². The van der Waals surface area contributed by atoms with Crippen molar-refractivity contribution < 1.29 is 19.4 Å². The number of allylic oxidation sites excluding steroid dienone is 2. The highest BCUT2D eigenvalue weighted by molar-refractivity contribution is 5.98. The van der Waals surface area contributed by atoms with Crippen LogP contribution in [0.5, 0.6) is 0 Å². The molecular formula is C23H23NO4. The molecule has 2 aromatic rings. The summed E-state index contributed by atoms with van der Waals surface area (Å²) in [6, 6.07) is 14.4. The molecule has 0 saturated carbocycles. The van der Waals surface area contributed by atoms with Gasteiger partial charge in [-0.05, 0) is 29.5 Å². The number of hydrogen-bond acceptors (Lipinski definition) is 3. The van der Waals surface area contributed by atoms with E-state index in [0.717, 1.165) is 16.7 Å². The van der Waals surface area contributed by atoms with Crippen LogP contribution in [0.1, 0.15) is 36.0 Å². The molecule has 4 rings (SSSR count). The smallest absolute Gasteiger partial charge is 0.415 e. The van der Waals surface area contributed by atoms with Crippen LogP contribution >= 0.6 is 0 Å². The van der Waals surface area contributed by atoms with E-state index in [4.69, 9.17) is 4.74 Å². The summed E-state index contributed by atoms with van der Waals surface area (Å²) >= 11 is 0. The molecule has 2 aromatic carbocycles. The van der Waals surface area contributed by atoms with Crippen molar-refractivity contribution >= 4 is 17.7 Å². The fourth-order valence-corrected chi connectivity index (χ4v) is 4.41. The van der Waals surface area contributed by atoms with Gasteiger partial charge in [-0.2, -0.15) is 0 Å². The van der Waals surface area contributed by atoms with Crippen molar-refractivity contribution in [1.29, 1.82) is 0 Å². The summed E-state index contributed by atoms with van der Waals surface area (Å²) in [6.45, 7) is 2.12. The summed E-state index contributed by atoms with van der Waals surface area (Å²) in [4.78, 5) is 26.7. The summed E-state index contributed by atoms with van der Waals surface area (Å²) in [6.07, 6.45) is 4.83. The number of aryl methyl sites for hydroxylation is 1. The van der Waals surface area contributed by atoms with Crippen molar-refractivity contribution in [2.24, 2.45) is 5.92 Å². The first-order valence-electron chi connectivity index (χ1n) is 9.63. The Morgan fingerprint density at radius 2 is 1.93 bits per heavy atom. The number of rotatable bonds is 4. The van der Waals surface area contributed by atoms with Gasteiger partial charge in [0.1, 0.15) is 12.6 Å². The average molecular weight is 377 g/mol. The Bertz CT molecular complexity index is 921. The van der Waals surface area contributed by atoms with E-state index >= 15 is 0 Å². The second-order valence-corrected chi connectivity index (χ2v) is 7.26. The van der Waals surface area contributed by atoms with Crippen LogP contribution in [-0.4, -0.2) is 23.2 Å². The number of carboxylic acids is 1. The minimum Gasteiger partial charge on any atom is -0.480 e. The van der Waals surface area contributed by atoms with Gasteiger partial charge < -0.3 is 9.84 Å². The van der Waals surface area contributed by atoms with Crippen molar-refractivity contribution in [2.45, 2.75) is 38.3 Å². The van der Waals surface area contributed by atoms with Gasteiger partial charge in [0.2, 0.25) is 0 Å². The number of hydrogen-bond donors (Lipinski definition) is 1. The molecule has 1 aliphatic carbocycles. The van der Waals surface area contributed by atoms with E-state index in [0.29, 0.717) is 18.5 Å². The van der Waals surface area contributed by atoms with Gasteiger partial charge in [0.25, 0.3) is 0 Å². The molecule has 1 aliphatic heterocycles. The van der Waals surface area contributed by atoms with Crippen molar-refractivity contribution in [2.75, 3.05) is 4.90 Å². The lowest BCUT2D eigenvalue weighted by Gasteiger charge is -2.42. The molecule has 0 aromatic heterocycles. The summed E-state index contributed by atoms with van der Waals surface area (Å²) in [5, 5.41) is 10.0. The third-order valence-corrected chi connectivity index (χ3v) is 5.68. The van der Waals surface area contributed by atoms with Crippen LogP contribution in [-0.2, 0) is 22.6 Å². The summed E-state index contributed by atoms with van der Waals surface area (Å²) in [5.41, 5.74) is 3.53. The fraction of sp³-hybridized carbons (Fsp3) is 0.304. The molecule has 1 amide bonds. The third-order valence-electron chi connectivity index (χ3n) is 5.68. The van der Waals surface area contributed by atoms with E-state index in [1.165, 1.54) is 4.90 Å².